The highest BCUT2D eigenvalue weighted by Gasteiger charge is 2.33. The number of allylic oxidation sites excluding steroid dienone is 2. The Morgan fingerprint density at radius 1 is 1.41 bits per heavy atom. The van der Waals surface area contributed by atoms with E-state index in [1.807, 2.05) is 13.8 Å². The summed E-state index contributed by atoms with van der Waals surface area (Å²) in [5.41, 5.74) is 1.93. The van der Waals surface area contributed by atoms with Crippen LogP contribution in [0.15, 0.2) is 36.1 Å². The summed E-state index contributed by atoms with van der Waals surface area (Å²) < 4.78 is 10.6. The SMILES string of the molecule is C=CCc1cc(C2NC(=O)NC(C)=C2C(=O)OCC(C)C)cc(OC)c1O. The molecule has 7 nitrogen and oxygen atoms in total. The van der Waals surface area contributed by atoms with Gasteiger partial charge in [-0.25, -0.2) is 9.59 Å². The maximum atomic E-state index is 12.7. The van der Waals surface area contributed by atoms with Crippen LogP contribution >= 0.6 is 0 Å². The van der Waals surface area contributed by atoms with E-state index in [4.69, 9.17) is 9.47 Å². The smallest absolute Gasteiger partial charge is 0.338 e. The van der Waals surface area contributed by atoms with Gasteiger partial charge >= 0.3 is 12.0 Å². The minimum absolute atomic E-state index is 0.00560. The van der Waals surface area contributed by atoms with Crippen molar-refractivity contribution in [1.29, 1.82) is 0 Å². The number of hydrogen-bond donors (Lipinski definition) is 3. The molecule has 0 bridgehead atoms. The molecule has 1 aliphatic rings. The molecule has 27 heavy (non-hydrogen) atoms. The first-order chi connectivity index (χ1) is 12.8. The second-order valence-electron chi connectivity index (χ2n) is 6.79. The van der Waals surface area contributed by atoms with E-state index in [9.17, 15) is 14.7 Å². The van der Waals surface area contributed by atoms with E-state index in [2.05, 4.69) is 17.2 Å². The fourth-order valence-electron chi connectivity index (χ4n) is 2.86. The van der Waals surface area contributed by atoms with Gasteiger partial charge in [-0.15, -0.1) is 6.58 Å². The molecule has 146 valence electrons. The lowest BCUT2D eigenvalue weighted by Gasteiger charge is -2.29. The molecule has 0 radical (unpaired) electrons. The summed E-state index contributed by atoms with van der Waals surface area (Å²) in [6, 6.07) is 2.17. The third-order valence-corrected chi connectivity index (χ3v) is 4.13. The number of aromatic hydroxyl groups is 1. The maximum absolute atomic E-state index is 12.7. The van der Waals surface area contributed by atoms with Gasteiger partial charge in [-0.1, -0.05) is 19.9 Å². The van der Waals surface area contributed by atoms with E-state index in [1.165, 1.54) is 7.11 Å². The Kier molecular flexibility index (Phi) is 6.50. The van der Waals surface area contributed by atoms with E-state index in [-0.39, 0.29) is 24.0 Å². The minimum Gasteiger partial charge on any atom is -0.504 e. The van der Waals surface area contributed by atoms with Crippen LogP contribution in [0.3, 0.4) is 0 Å². The Hall–Kier alpha value is -2.96. The highest BCUT2D eigenvalue weighted by molar-refractivity contribution is 5.95. The molecule has 1 aromatic carbocycles. The zero-order valence-corrected chi connectivity index (χ0v) is 16.1. The van der Waals surface area contributed by atoms with Crippen LogP contribution in [0.1, 0.15) is 37.9 Å². The van der Waals surface area contributed by atoms with Crippen LogP contribution in [-0.2, 0) is 16.0 Å². The average Bonchev–Trinajstić information content (AvgIpc) is 2.60. The molecular formula is C20H26N2O5. The molecule has 2 amide bonds. The summed E-state index contributed by atoms with van der Waals surface area (Å²) in [6.45, 7) is 9.50. The zero-order chi connectivity index (χ0) is 20.1. The zero-order valence-electron chi connectivity index (χ0n) is 16.1. The largest absolute Gasteiger partial charge is 0.504 e. The molecule has 0 fully saturated rings. The lowest BCUT2D eigenvalue weighted by Crippen LogP contribution is -2.45. The quantitative estimate of drug-likeness (QED) is 0.504. The van der Waals surface area contributed by atoms with Crippen molar-refractivity contribution < 1.29 is 24.2 Å². The second-order valence-corrected chi connectivity index (χ2v) is 6.79. The van der Waals surface area contributed by atoms with Crippen molar-refractivity contribution in [3.8, 4) is 11.5 Å². The number of hydrogen-bond acceptors (Lipinski definition) is 5. The van der Waals surface area contributed by atoms with Gasteiger partial charge in [0.05, 0.1) is 25.3 Å². The molecule has 1 heterocycles. The third-order valence-electron chi connectivity index (χ3n) is 4.13. The molecule has 7 heteroatoms. The molecule has 0 aromatic heterocycles. The monoisotopic (exact) mass is 374 g/mol. The lowest BCUT2D eigenvalue weighted by molar-refractivity contribution is -0.140. The van der Waals surface area contributed by atoms with Crippen molar-refractivity contribution in [1.82, 2.24) is 10.6 Å². The first-order valence-electron chi connectivity index (χ1n) is 8.74. The van der Waals surface area contributed by atoms with Gasteiger partial charge in [0.15, 0.2) is 11.5 Å². The van der Waals surface area contributed by atoms with Crippen molar-refractivity contribution in [3.05, 3.63) is 47.2 Å². The fraction of sp³-hybridized carbons (Fsp3) is 0.400. The number of urea groups is 1. The summed E-state index contributed by atoms with van der Waals surface area (Å²) in [5, 5.41) is 15.7. The third kappa shape index (κ3) is 4.61. The molecule has 1 atom stereocenters. The Morgan fingerprint density at radius 3 is 2.70 bits per heavy atom. The standard InChI is InChI=1S/C20H26N2O5/c1-6-7-13-8-14(9-15(26-5)18(13)23)17-16(12(4)21-20(25)22-17)19(24)27-10-11(2)3/h6,8-9,11,17,23H,1,7,10H2,2-5H3,(H2,21,22,25). The van der Waals surface area contributed by atoms with E-state index >= 15 is 0 Å². The molecule has 1 aromatic rings. The Morgan fingerprint density at radius 2 is 2.11 bits per heavy atom. The topological polar surface area (TPSA) is 96.9 Å². The van der Waals surface area contributed by atoms with Crippen LogP contribution in [0.25, 0.3) is 0 Å². The number of amides is 2. The Labute approximate surface area is 159 Å². The molecule has 2 rings (SSSR count). The number of benzene rings is 1. The first-order valence-corrected chi connectivity index (χ1v) is 8.74. The molecule has 1 aliphatic heterocycles. The highest BCUT2D eigenvalue weighted by Crippen LogP contribution is 2.37. The van der Waals surface area contributed by atoms with Crippen molar-refractivity contribution in [2.45, 2.75) is 33.2 Å². The van der Waals surface area contributed by atoms with Crippen molar-refractivity contribution in [2.75, 3.05) is 13.7 Å². The number of methoxy groups -OCH3 is 1. The highest BCUT2D eigenvalue weighted by atomic mass is 16.5. The van der Waals surface area contributed by atoms with E-state index in [0.717, 1.165) is 0 Å². The predicted octanol–water partition coefficient (Wildman–Crippen LogP) is 2.96. The van der Waals surface area contributed by atoms with Gasteiger partial charge in [-0.2, -0.15) is 0 Å². The van der Waals surface area contributed by atoms with Crippen LogP contribution in [-0.4, -0.2) is 30.8 Å². The summed E-state index contributed by atoms with van der Waals surface area (Å²) in [6.07, 6.45) is 2.06. The molecule has 0 saturated heterocycles. The van der Waals surface area contributed by atoms with Gasteiger partial charge in [0.25, 0.3) is 0 Å². The van der Waals surface area contributed by atoms with Crippen LogP contribution in [0.2, 0.25) is 0 Å². The number of phenols is 1. The minimum atomic E-state index is -0.725. The van der Waals surface area contributed by atoms with E-state index in [1.54, 1.807) is 25.1 Å². The summed E-state index contributed by atoms with van der Waals surface area (Å²) in [4.78, 5) is 24.7. The van der Waals surface area contributed by atoms with Crippen molar-refractivity contribution >= 4 is 12.0 Å². The van der Waals surface area contributed by atoms with Gasteiger partial charge in [0.2, 0.25) is 0 Å². The van der Waals surface area contributed by atoms with Gasteiger partial charge < -0.3 is 25.2 Å². The molecule has 1 unspecified atom stereocenters. The number of phenolic OH excluding ortho intramolecular Hbond substituents is 1. The van der Waals surface area contributed by atoms with Crippen LogP contribution in [0, 0.1) is 5.92 Å². The Balaban J connectivity index is 2.51. The van der Waals surface area contributed by atoms with E-state index in [0.29, 0.717) is 28.8 Å². The summed E-state index contributed by atoms with van der Waals surface area (Å²) in [5.74, 6) is -0.0563. The Bertz CT molecular complexity index is 783. The number of rotatable bonds is 7. The normalized spacial score (nSPS) is 16.6. The number of ether oxygens (including phenoxy) is 2. The number of nitrogens with one attached hydrogen (secondary N) is 2. The maximum Gasteiger partial charge on any atom is 0.338 e. The average molecular weight is 374 g/mol. The van der Waals surface area contributed by atoms with Gasteiger partial charge in [-0.3, -0.25) is 0 Å². The summed E-state index contributed by atoms with van der Waals surface area (Å²) in [7, 11) is 1.44. The van der Waals surface area contributed by atoms with Gasteiger partial charge in [-0.05, 0) is 37.0 Å². The van der Waals surface area contributed by atoms with Crippen molar-refractivity contribution in [3.63, 3.8) is 0 Å². The fourth-order valence-corrected chi connectivity index (χ4v) is 2.86. The number of esters is 1. The van der Waals surface area contributed by atoms with Crippen LogP contribution in [0.5, 0.6) is 11.5 Å². The van der Waals surface area contributed by atoms with Crippen LogP contribution in [0.4, 0.5) is 4.79 Å². The molecule has 0 spiro atoms. The van der Waals surface area contributed by atoms with Crippen LogP contribution < -0.4 is 15.4 Å². The number of carbonyl (C=O) groups is 2. The molecular weight excluding hydrogens is 348 g/mol. The van der Waals surface area contributed by atoms with Gasteiger partial charge in [0.1, 0.15) is 0 Å². The molecule has 0 aliphatic carbocycles. The van der Waals surface area contributed by atoms with Crippen molar-refractivity contribution in [2.24, 2.45) is 5.92 Å². The number of carbonyl (C=O) groups excluding carboxylic acids is 2. The molecule has 3 N–H and O–H groups in total. The summed E-state index contributed by atoms with van der Waals surface area (Å²) >= 11 is 0. The second kappa shape index (κ2) is 8.62. The van der Waals surface area contributed by atoms with E-state index < -0.39 is 18.0 Å². The predicted molar refractivity (Wildman–Crippen MR) is 101 cm³/mol. The first kappa shape index (κ1) is 20.4. The molecule has 0 saturated carbocycles. The lowest BCUT2D eigenvalue weighted by atomic mass is 9.93. The van der Waals surface area contributed by atoms with Gasteiger partial charge in [0, 0.05) is 11.3 Å².